The molecule has 0 aliphatic carbocycles. The van der Waals surface area contributed by atoms with Crippen LogP contribution in [0.1, 0.15) is 49.4 Å². The van der Waals surface area contributed by atoms with E-state index in [0.29, 0.717) is 56.0 Å². The number of amides is 1. The third-order valence-corrected chi connectivity index (χ3v) is 6.46. The summed E-state index contributed by atoms with van der Waals surface area (Å²) in [7, 11) is 0. The molecule has 36 heavy (non-hydrogen) atoms. The summed E-state index contributed by atoms with van der Waals surface area (Å²) in [5.74, 6) is 0.357. The van der Waals surface area contributed by atoms with Crippen molar-refractivity contribution in [2.45, 2.75) is 50.7 Å². The fourth-order valence-electron chi connectivity index (χ4n) is 4.19. The summed E-state index contributed by atoms with van der Waals surface area (Å²) < 4.78 is 1.73. The largest absolute Gasteiger partial charge is 0.393 e. The second-order valence-corrected chi connectivity index (χ2v) is 9.15. The van der Waals surface area contributed by atoms with Gasteiger partial charge in [-0.3, -0.25) is 9.48 Å². The standard InChI is InChI=1S/C26H28N8O2/c1-26(11-13-28,10-2-12-27)34-18-20(17-30-34)23-7-14-29-25(32-23)31-21-5-3-19(4-6-21)24(36)33-15-8-22(35)9-16-33/h3-7,14,17-18,22,35H,2,8-11,15-16H2,1H3,(H,29,31,32). The van der Waals surface area contributed by atoms with E-state index in [1.165, 1.54) is 0 Å². The van der Waals surface area contributed by atoms with E-state index in [-0.39, 0.29) is 18.4 Å². The minimum absolute atomic E-state index is 0.0399. The zero-order valence-electron chi connectivity index (χ0n) is 20.1. The molecular formula is C26H28N8O2. The molecule has 3 aromatic rings. The highest BCUT2D eigenvalue weighted by Crippen LogP contribution is 2.28. The van der Waals surface area contributed by atoms with Crippen molar-refractivity contribution < 1.29 is 9.90 Å². The molecule has 0 bridgehead atoms. The fraction of sp³-hybridized carbons (Fsp3) is 0.385. The van der Waals surface area contributed by atoms with Crippen LogP contribution in [0.25, 0.3) is 11.3 Å². The van der Waals surface area contributed by atoms with E-state index in [9.17, 15) is 15.2 Å². The second kappa shape index (κ2) is 11.0. The van der Waals surface area contributed by atoms with Gasteiger partial charge in [0, 0.05) is 48.7 Å². The minimum Gasteiger partial charge on any atom is -0.393 e. The van der Waals surface area contributed by atoms with E-state index < -0.39 is 5.54 Å². The van der Waals surface area contributed by atoms with Gasteiger partial charge in [-0.15, -0.1) is 0 Å². The van der Waals surface area contributed by atoms with E-state index >= 15 is 0 Å². The summed E-state index contributed by atoms with van der Waals surface area (Å²) in [5.41, 5.74) is 2.19. The third-order valence-electron chi connectivity index (χ3n) is 6.46. The average Bonchev–Trinajstić information content (AvgIpc) is 3.40. The van der Waals surface area contributed by atoms with Crippen LogP contribution in [-0.2, 0) is 5.54 Å². The second-order valence-electron chi connectivity index (χ2n) is 9.15. The number of hydrogen-bond acceptors (Lipinski definition) is 8. The number of carbonyl (C=O) groups excluding carboxylic acids is 1. The molecule has 1 saturated heterocycles. The molecule has 0 spiro atoms. The summed E-state index contributed by atoms with van der Waals surface area (Å²) in [6, 6.07) is 13.3. The van der Waals surface area contributed by atoms with E-state index in [1.54, 1.807) is 40.2 Å². The molecule has 0 saturated carbocycles. The number of aromatic nitrogens is 4. The van der Waals surface area contributed by atoms with Crippen molar-refractivity contribution in [3.8, 4) is 23.4 Å². The molecule has 2 aromatic heterocycles. The Morgan fingerprint density at radius 1 is 1.19 bits per heavy atom. The van der Waals surface area contributed by atoms with Gasteiger partial charge < -0.3 is 15.3 Å². The number of nitrogens with zero attached hydrogens (tertiary/aromatic N) is 7. The van der Waals surface area contributed by atoms with Gasteiger partial charge in [0.1, 0.15) is 0 Å². The first-order valence-electron chi connectivity index (χ1n) is 11.9. The quantitative estimate of drug-likeness (QED) is 0.493. The normalized spacial score (nSPS) is 15.5. The Morgan fingerprint density at radius 2 is 1.94 bits per heavy atom. The van der Waals surface area contributed by atoms with Crippen LogP contribution < -0.4 is 5.32 Å². The van der Waals surface area contributed by atoms with Crippen LogP contribution in [0.4, 0.5) is 11.6 Å². The van der Waals surface area contributed by atoms with Gasteiger partial charge >= 0.3 is 0 Å². The number of carbonyl (C=O) groups is 1. The van der Waals surface area contributed by atoms with Gasteiger partial charge in [-0.1, -0.05) is 0 Å². The van der Waals surface area contributed by atoms with E-state index in [1.807, 2.05) is 25.3 Å². The van der Waals surface area contributed by atoms with E-state index in [4.69, 9.17) is 5.26 Å². The van der Waals surface area contributed by atoms with Crippen molar-refractivity contribution in [3.63, 3.8) is 0 Å². The maximum atomic E-state index is 12.7. The van der Waals surface area contributed by atoms with Gasteiger partial charge in [0.2, 0.25) is 5.95 Å². The maximum absolute atomic E-state index is 12.7. The number of piperidine rings is 1. The lowest BCUT2D eigenvalue weighted by atomic mass is 9.93. The first-order valence-corrected chi connectivity index (χ1v) is 11.9. The topological polar surface area (TPSA) is 144 Å². The van der Waals surface area contributed by atoms with Gasteiger partial charge in [0.25, 0.3) is 5.91 Å². The Labute approximate surface area is 209 Å². The van der Waals surface area contributed by atoms with Crippen molar-refractivity contribution >= 4 is 17.5 Å². The number of rotatable bonds is 8. The number of aliphatic hydroxyl groups is 1. The van der Waals surface area contributed by atoms with Gasteiger partial charge in [-0.2, -0.15) is 15.6 Å². The molecule has 4 rings (SSSR count). The molecule has 1 aromatic carbocycles. The molecule has 3 heterocycles. The Bertz CT molecular complexity index is 1280. The smallest absolute Gasteiger partial charge is 0.253 e. The highest BCUT2D eigenvalue weighted by molar-refractivity contribution is 5.94. The number of likely N-dealkylation sites (tertiary alicyclic amines) is 1. The SMILES string of the molecule is CC(CC#N)(CCC#N)n1cc(-c2ccnc(Nc3ccc(C(=O)N4CCC(O)CC4)cc3)n2)cn1. The Kier molecular flexibility index (Phi) is 7.57. The van der Waals surface area contributed by atoms with Crippen molar-refractivity contribution in [3.05, 3.63) is 54.5 Å². The van der Waals surface area contributed by atoms with Crippen LogP contribution in [0, 0.1) is 22.7 Å². The number of hydrogen-bond donors (Lipinski definition) is 2. The molecule has 1 atom stereocenters. The highest BCUT2D eigenvalue weighted by Gasteiger charge is 2.27. The number of nitrogens with one attached hydrogen (secondary N) is 1. The zero-order valence-corrected chi connectivity index (χ0v) is 20.1. The summed E-state index contributed by atoms with van der Waals surface area (Å²) >= 11 is 0. The van der Waals surface area contributed by atoms with Crippen LogP contribution in [0.5, 0.6) is 0 Å². The van der Waals surface area contributed by atoms with Gasteiger partial charge in [-0.25, -0.2) is 9.97 Å². The highest BCUT2D eigenvalue weighted by atomic mass is 16.3. The number of anilines is 2. The predicted molar refractivity (Wildman–Crippen MR) is 133 cm³/mol. The van der Waals surface area contributed by atoms with Crippen LogP contribution in [-0.4, -0.2) is 54.9 Å². The van der Waals surface area contributed by atoms with Crippen molar-refractivity contribution in [2.24, 2.45) is 0 Å². The molecular weight excluding hydrogens is 456 g/mol. The maximum Gasteiger partial charge on any atom is 0.253 e. The Balaban J connectivity index is 1.45. The lowest BCUT2D eigenvalue weighted by Crippen LogP contribution is -2.40. The number of benzene rings is 1. The van der Waals surface area contributed by atoms with Crippen molar-refractivity contribution in [1.29, 1.82) is 10.5 Å². The average molecular weight is 485 g/mol. The molecule has 1 unspecified atom stereocenters. The molecule has 1 aliphatic heterocycles. The van der Waals surface area contributed by atoms with Gasteiger partial charge in [-0.05, 0) is 56.5 Å². The number of nitriles is 2. The van der Waals surface area contributed by atoms with Crippen LogP contribution in [0.15, 0.2) is 48.9 Å². The lowest BCUT2D eigenvalue weighted by molar-refractivity contribution is 0.0546. The summed E-state index contributed by atoms with van der Waals surface area (Å²) in [5, 5.41) is 35.5. The first kappa shape index (κ1) is 24.8. The molecule has 10 heteroatoms. The fourth-order valence-corrected chi connectivity index (χ4v) is 4.19. The summed E-state index contributed by atoms with van der Waals surface area (Å²) in [4.78, 5) is 23.4. The summed E-state index contributed by atoms with van der Waals surface area (Å²) in [6.45, 7) is 3.04. The molecule has 0 radical (unpaired) electrons. The molecule has 10 nitrogen and oxygen atoms in total. The predicted octanol–water partition coefficient (Wildman–Crippen LogP) is 3.61. The van der Waals surface area contributed by atoms with Crippen LogP contribution >= 0.6 is 0 Å². The van der Waals surface area contributed by atoms with Gasteiger partial charge in [0.05, 0.1) is 42.1 Å². The van der Waals surface area contributed by atoms with Crippen LogP contribution in [0.2, 0.25) is 0 Å². The van der Waals surface area contributed by atoms with Crippen LogP contribution in [0.3, 0.4) is 0 Å². The molecule has 184 valence electrons. The first-order chi connectivity index (χ1) is 17.4. The minimum atomic E-state index is -0.579. The van der Waals surface area contributed by atoms with Gasteiger partial charge in [0.15, 0.2) is 0 Å². The molecule has 1 aliphatic rings. The zero-order chi connectivity index (χ0) is 25.5. The molecule has 1 amide bonds. The van der Waals surface area contributed by atoms with E-state index in [2.05, 4.69) is 32.5 Å². The molecule has 1 fully saturated rings. The van der Waals surface area contributed by atoms with E-state index in [0.717, 1.165) is 11.3 Å². The van der Waals surface area contributed by atoms with Crippen molar-refractivity contribution in [1.82, 2.24) is 24.6 Å². The number of aliphatic hydroxyl groups excluding tert-OH is 1. The third kappa shape index (κ3) is 5.68. The summed E-state index contributed by atoms with van der Waals surface area (Å²) in [6.07, 6.45) is 7.16. The van der Waals surface area contributed by atoms with Crippen molar-refractivity contribution in [2.75, 3.05) is 18.4 Å². The molecule has 2 N–H and O–H groups in total. The monoisotopic (exact) mass is 484 g/mol. The lowest BCUT2D eigenvalue weighted by Gasteiger charge is -2.29. The Hall–Kier alpha value is -4.28. The Morgan fingerprint density at radius 3 is 2.64 bits per heavy atom.